The number of aryl methyl sites for hydroxylation is 1. The Kier molecular flexibility index (Phi) is 2.69. The largest absolute Gasteiger partial charge is 0.275 e. The van der Waals surface area contributed by atoms with Gasteiger partial charge in [-0.05, 0) is 17.9 Å². The maximum Gasteiger partial charge on any atom is 0.0564 e. The van der Waals surface area contributed by atoms with E-state index < -0.39 is 0 Å². The Labute approximate surface area is 73.9 Å². The van der Waals surface area contributed by atoms with Crippen LogP contribution in [0, 0.1) is 5.92 Å². The topological polar surface area (TPSA) is 17.8 Å². The molecule has 1 rings (SSSR count). The van der Waals surface area contributed by atoms with E-state index in [0.29, 0.717) is 5.92 Å². The van der Waals surface area contributed by atoms with Gasteiger partial charge < -0.3 is 0 Å². The van der Waals surface area contributed by atoms with Crippen molar-refractivity contribution in [2.45, 2.75) is 20.3 Å². The second kappa shape index (κ2) is 3.57. The summed E-state index contributed by atoms with van der Waals surface area (Å²) < 4.78 is 1.81. The molecule has 1 aromatic heterocycles. The lowest BCUT2D eigenvalue weighted by molar-refractivity contribution is 0.718. The average molecular weight is 164 g/mol. The van der Waals surface area contributed by atoms with Crippen molar-refractivity contribution in [1.29, 1.82) is 0 Å². The zero-order valence-corrected chi connectivity index (χ0v) is 8.04. The van der Waals surface area contributed by atoms with E-state index in [2.05, 4.69) is 25.5 Å². The highest BCUT2D eigenvalue weighted by molar-refractivity contribution is 5.63. The first-order chi connectivity index (χ1) is 5.65. The lowest BCUT2D eigenvalue weighted by Crippen LogP contribution is -1.94. The predicted molar refractivity (Wildman–Crippen MR) is 51.7 cm³/mol. The second-order valence-corrected chi connectivity index (χ2v) is 3.24. The van der Waals surface area contributed by atoms with Crippen LogP contribution < -0.4 is 0 Å². The van der Waals surface area contributed by atoms with Gasteiger partial charge in [-0.25, -0.2) is 0 Å². The Morgan fingerprint density at radius 3 is 2.83 bits per heavy atom. The van der Waals surface area contributed by atoms with Crippen LogP contribution >= 0.6 is 0 Å². The van der Waals surface area contributed by atoms with Crippen molar-refractivity contribution in [2.75, 3.05) is 0 Å². The van der Waals surface area contributed by atoms with Crippen LogP contribution in [0.3, 0.4) is 0 Å². The minimum Gasteiger partial charge on any atom is -0.275 e. The van der Waals surface area contributed by atoms with E-state index in [0.717, 1.165) is 12.0 Å². The molecule has 2 nitrogen and oxygen atoms in total. The molecule has 1 heterocycles. The Balaban J connectivity index is 2.78. The molecular formula is C10H16N2. The first-order valence-electron chi connectivity index (χ1n) is 4.33. The molecule has 0 radical (unpaired) electrons. The molecule has 0 aliphatic heterocycles. The van der Waals surface area contributed by atoms with Crippen LogP contribution in [0.25, 0.3) is 5.57 Å². The van der Waals surface area contributed by atoms with Crippen LogP contribution in [0.5, 0.6) is 0 Å². The first-order valence-corrected chi connectivity index (χ1v) is 4.33. The van der Waals surface area contributed by atoms with E-state index in [-0.39, 0.29) is 0 Å². The van der Waals surface area contributed by atoms with Gasteiger partial charge in [0.1, 0.15) is 0 Å². The van der Waals surface area contributed by atoms with Gasteiger partial charge in [0.15, 0.2) is 0 Å². The number of rotatable bonds is 3. The van der Waals surface area contributed by atoms with Gasteiger partial charge in [-0.15, -0.1) is 0 Å². The van der Waals surface area contributed by atoms with Gasteiger partial charge in [0.25, 0.3) is 0 Å². The Morgan fingerprint density at radius 2 is 2.42 bits per heavy atom. The van der Waals surface area contributed by atoms with Crippen LogP contribution in [0.2, 0.25) is 0 Å². The SMILES string of the molecule is C=C(c1cnn(C)c1)C(C)CC. The molecule has 0 N–H and O–H groups in total. The highest BCUT2D eigenvalue weighted by atomic mass is 15.2. The summed E-state index contributed by atoms with van der Waals surface area (Å²) in [7, 11) is 1.92. The summed E-state index contributed by atoms with van der Waals surface area (Å²) in [5.74, 6) is 0.550. The normalized spacial score (nSPS) is 12.9. The minimum absolute atomic E-state index is 0.550. The fourth-order valence-corrected chi connectivity index (χ4v) is 1.12. The molecule has 0 fully saturated rings. The summed E-state index contributed by atoms with van der Waals surface area (Å²) in [4.78, 5) is 0. The van der Waals surface area contributed by atoms with Crippen molar-refractivity contribution in [3.8, 4) is 0 Å². The van der Waals surface area contributed by atoms with Crippen LogP contribution in [-0.4, -0.2) is 9.78 Å². The Hall–Kier alpha value is -1.05. The lowest BCUT2D eigenvalue weighted by atomic mass is 9.96. The zero-order valence-electron chi connectivity index (χ0n) is 8.04. The Bertz CT molecular complexity index is 273. The van der Waals surface area contributed by atoms with Gasteiger partial charge in [-0.3, -0.25) is 4.68 Å². The van der Waals surface area contributed by atoms with Gasteiger partial charge in [0, 0.05) is 18.8 Å². The lowest BCUT2D eigenvalue weighted by Gasteiger charge is -2.09. The van der Waals surface area contributed by atoms with Crippen molar-refractivity contribution in [1.82, 2.24) is 9.78 Å². The third-order valence-corrected chi connectivity index (χ3v) is 2.28. The van der Waals surface area contributed by atoms with E-state index in [4.69, 9.17) is 0 Å². The Morgan fingerprint density at radius 1 is 1.75 bits per heavy atom. The van der Waals surface area contributed by atoms with E-state index in [1.54, 1.807) is 0 Å². The third kappa shape index (κ3) is 1.76. The van der Waals surface area contributed by atoms with Crippen LogP contribution in [0.15, 0.2) is 19.0 Å². The molecule has 0 amide bonds. The molecule has 0 saturated carbocycles. The molecule has 0 spiro atoms. The molecule has 1 unspecified atom stereocenters. The molecule has 0 aromatic carbocycles. The van der Waals surface area contributed by atoms with Gasteiger partial charge in [-0.2, -0.15) is 5.10 Å². The van der Waals surface area contributed by atoms with Crippen LogP contribution in [-0.2, 0) is 7.05 Å². The van der Waals surface area contributed by atoms with Crippen LogP contribution in [0.1, 0.15) is 25.8 Å². The van der Waals surface area contributed by atoms with Gasteiger partial charge in [0.2, 0.25) is 0 Å². The highest BCUT2D eigenvalue weighted by Gasteiger charge is 2.07. The van der Waals surface area contributed by atoms with Crippen molar-refractivity contribution in [3.63, 3.8) is 0 Å². The van der Waals surface area contributed by atoms with Crippen molar-refractivity contribution in [3.05, 3.63) is 24.5 Å². The quantitative estimate of drug-likeness (QED) is 0.671. The second-order valence-electron chi connectivity index (χ2n) is 3.24. The molecule has 0 aliphatic carbocycles. The fraction of sp³-hybridized carbons (Fsp3) is 0.500. The standard InChI is InChI=1S/C10H16N2/c1-5-8(2)9(3)10-6-11-12(4)7-10/h6-8H,3,5H2,1-2,4H3. The molecule has 2 heteroatoms. The molecular weight excluding hydrogens is 148 g/mol. The van der Waals surface area contributed by atoms with E-state index >= 15 is 0 Å². The number of allylic oxidation sites excluding steroid dienone is 1. The van der Waals surface area contributed by atoms with Gasteiger partial charge in [-0.1, -0.05) is 20.4 Å². The fourth-order valence-electron chi connectivity index (χ4n) is 1.12. The van der Waals surface area contributed by atoms with E-state index in [1.807, 2.05) is 24.1 Å². The van der Waals surface area contributed by atoms with Crippen LogP contribution in [0.4, 0.5) is 0 Å². The van der Waals surface area contributed by atoms with Crippen molar-refractivity contribution >= 4 is 5.57 Å². The molecule has 0 saturated heterocycles. The molecule has 12 heavy (non-hydrogen) atoms. The predicted octanol–water partition coefficient (Wildman–Crippen LogP) is 2.48. The number of nitrogens with zero attached hydrogens (tertiary/aromatic N) is 2. The maximum atomic E-state index is 4.11. The smallest absolute Gasteiger partial charge is 0.0564 e. The molecule has 0 bridgehead atoms. The summed E-state index contributed by atoms with van der Waals surface area (Å²) >= 11 is 0. The molecule has 0 aliphatic rings. The average Bonchev–Trinajstić information content (AvgIpc) is 2.49. The number of hydrogen-bond donors (Lipinski definition) is 0. The molecule has 66 valence electrons. The summed E-state index contributed by atoms with van der Waals surface area (Å²) in [5.41, 5.74) is 2.34. The highest BCUT2D eigenvalue weighted by Crippen LogP contribution is 2.22. The number of hydrogen-bond acceptors (Lipinski definition) is 1. The molecule has 1 aromatic rings. The zero-order chi connectivity index (χ0) is 9.14. The van der Waals surface area contributed by atoms with E-state index in [1.165, 1.54) is 5.57 Å². The first kappa shape index (κ1) is 9.04. The van der Waals surface area contributed by atoms with Gasteiger partial charge in [0.05, 0.1) is 6.20 Å². The minimum atomic E-state index is 0.550. The summed E-state index contributed by atoms with van der Waals surface area (Å²) in [6.45, 7) is 8.42. The summed E-state index contributed by atoms with van der Waals surface area (Å²) in [6, 6.07) is 0. The van der Waals surface area contributed by atoms with Crippen molar-refractivity contribution < 1.29 is 0 Å². The van der Waals surface area contributed by atoms with E-state index in [9.17, 15) is 0 Å². The molecule has 1 atom stereocenters. The van der Waals surface area contributed by atoms with Gasteiger partial charge >= 0.3 is 0 Å². The monoisotopic (exact) mass is 164 g/mol. The maximum absolute atomic E-state index is 4.11. The third-order valence-electron chi connectivity index (χ3n) is 2.28. The summed E-state index contributed by atoms with van der Waals surface area (Å²) in [6.07, 6.45) is 5.01. The number of aromatic nitrogens is 2. The van der Waals surface area contributed by atoms with Crippen molar-refractivity contribution in [2.24, 2.45) is 13.0 Å². The summed E-state index contributed by atoms with van der Waals surface area (Å²) in [5, 5.41) is 4.11.